The van der Waals surface area contributed by atoms with Crippen LogP contribution < -0.4 is 0 Å². The number of ether oxygens (including phenoxy) is 1. The summed E-state index contributed by atoms with van der Waals surface area (Å²) in [7, 11) is 0. The minimum atomic E-state index is -0.178. The highest BCUT2D eigenvalue weighted by Gasteiger charge is 2.29. The second-order valence-corrected chi connectivity index (χ2v) is 5.93. The highest BCUT2D eigenvalue weighted by Crippen LogP contribution is 2.30. The van der Waals surface area contributed by atoms with E-state index in [2.05, 4.69) is 10.2 Å². The summed E-state index contributed by atoms with van der Waals surface area (Å²) >= 11 is 1.42. The van der Waals surface area contributed by atoms with E-state index in [9.17, 15) is 4.79 Å². The molecule has 20 heavy (non-hydrogen) atoms. The minimum absolute atomic E-state index is 0.161. The number of nitrogens with zero attached hydrogens (tertiary/aromatic N) is 3. The third-order valence-corrected chi connectivity index (χ3v) is 4.41. The zero-order chi connectivity index (χ0) is 14.1. The van der Waals surface area contributed by atoms with Crippen molar-refractivity contribution in [2.75, 3.05) is 6.61 Å². The van der Waals surface area contributed by atoms with Crippen LogP contribution in [0.1, 0.15) is 17.8 Å². The molecule has 1 atom stereocenters. The van der Waals surface area contributed by atoms with Gasteiger partial charge in [0, 0.05) is 12.1 Å². The Labute approximate surface area is 121 Å². The van der Waals surface area contributed by atoms with Crippen LogP contribution in [0.2, 0.25) is 0 Å². The molecule has 0 bridgehead atoms. The Hall–Kier alpha value is -1.82. The van der Waals surface area contributed by atoms with E-state index in [1.54, 1.807) is 0 Å². The average molecular weight is 289 g/mol. The highest BCUT2D eigenvalue weighted by atomic mass is 32.2. The van der Waals surface area contributed by atoms with Crippen LogP contribution in [-0.4, -0.2) is 32.6 Å². The fraction of sp³-hybridized carbons (Fsp3) is 0.357. The molecule has 5 nitrogen and oxygen atoms in total. The van der Waals surface area contributed by atoms with Crippen molar-refractivity contribution in [1.82, 2.24) is 14.8 Å². The van der Waals surface area contributed by atoms with Gasteiger partial charge < -0.3 is 4.74 Å². The summed E-state index contributed by atoms with van der Waals surface area (Å²) in [6, 6.07) is 8.16. The van der Waals surface area contributed by atoms with Crippen molar-refractivity contribution in [1.29, 1.82) is 0 Å². The summed E-state index contributed by atoms with van der Waals surface area (Å²) in [5.41, 5.74) is 2.21. The fourth-order valence-electron chi connectivity index (χ4n) is 2.12. The number of aromatic nitrogens is 3. The first-order valence-electron chi connectivity index (χ1n) is 6.47. The lowest BCUT2D eigenvalue weighted by Crippen LogP contribution is -2.11. The van der Waals surface area contributed by atoms with Crippen molar-refractivity contribution in [2.24, 2.45) is 0 Å². The molecular formula is C14H15N3O2S. The zero-order valence-electron chi connectivity index (χ0n) is 11.4. The summed E-state index contributed by atoms with van der Waals surface area (Å²) in [5, 5.41) is 8.86. The van der Waals surface area contributed by atoms with Gasteiger partial charge in [-0.1, -0.05) is 29.5 Å². The first kappa shape index (κ1) is 13.2. The summed E-state index contributed by atoms with van der Waals surface area (Å²) in [5.74, 6) is 0.647. The maximum absolute atomic E-state index is 11.6. The third kappa shape index (κ3) is 2.43. The lowest BCUT2D eigenvalue weighted by Gasteiger charge is -2.10. The van der Waals surface area contributed by atoms with E-state index in [-0.39, 0.29) is 11.2 Å². The Morgan fingerprint density at radius 2 is 2.00 bits per heavy atom. The first-order chi connectivity index (χ1) is 9.65. The second-order valence-electron chi connectivity index (χ2n) is 4.76. The van der Waals surface area contributed by atoms with E-state index >= 15 is 0 Å². The highest BCUT2D eigenvalue weighted by molar-refractivity contribution is 8.00. The smallest absolute Gasteiger partial charge is 0.319 e. The minimum Gasteiger partial charge on any atom is -0.465 e. The number of rotatable bonds is 3. The van der Waals surface area contributed by atoms with Crippen molar-refractivity contribution in [3.05, 3.63) is 35.7 Å². The Morgan fingerprint density at radius 3 is 2.65 bits per heavy atom. The molecule has 0 aliphatic carbocycles. The number of carbonyl (C=O) groups is 1. The van der Waals surface area contributed by atoms with Crippen LogP contribution in [0.25, 0.3) is 5.69 Å². The Bertz CT molecular complexity index is 636. The molecule has 6 heteroatoms. The van der Waals surface area contributed by atoms with Gasteiger partial charge in [-0.05, 0) is 26.0 Å². The van der Waals surface area contributed by atoms with Gasteiger partial charge in [-0.25, -0.2) is 0 Å². The summed E-state index contributed by atoms with van der Waals surface area (Å²) < 4.78 is 6.96. The molecule has 0 amide bonds. The molecule has 0 saturated carbocycles. The zero-order valence-corrected chi connectivity index (χ0v) is 12.2. The van der Waals surface area contributed by atoms with Crippen LogP contribution in [0.15, 0.2) is 29.4 Å². The van der Waals surface area contributed by atoms with E-state index < -0.39 is 0 Å². The summed E-state index contributed by atoms with van der Waals surface area (Å²) in [4.78, 5) is 11.6. The molecule has 104 valence electrons. The number of aryl methyl sites for hydroxylation is 2. The summed E-state index contributed by atoms with van der Waals surface area (Å²) in [6.07, 6.45) is 0.726. The number of benzene rings is 1. The van der Waals surface area contributed by atoms with Gasteiger partial charge in [0.05, 0.1) is 6.61 Å². The predicted molar refractivity (Wildman–Crippen MR) is 76.1 cm³/mol. The molecular weight excluding hydrogens is 274 g/mol. The van der Waals surface area contributed by atoms with Crippen LogP contribution in [-0.2, 0) is 9.53 Å². The van der Waals surface area contributed by atoms with Crippen LogP contribution >= 0.6 is 11.8 Å². The molecule has 1 aromatic carbocycles. The molecule has 1 aromatic heterocycles. The molecule has 0 radical (unpaired) electrons. The lowest BCUT2D eigenvalue weighted by molar-refractivity contribution is -0.137. The Morgan fingerprint density at radius 1 is 1.25 bits per heavy atom. The number of carbonyl (C=O) groups excluding carboxylic acids is 1. The fourth-order valence-corrected chi connectivity index (χ4v) is 3.19. The molecule has 1 saturated heterocycles. The van der Waals surface area contributed by atoms with Crippen molar-refractivity contribution >= 4 is 17.7 Å². The van der Waals surface area contributed by atoms with E-state index in [0.717, 1.165) is 23.1 Å². The molecule has 0 N–H and O–H groups in total. The number of hydrogen-bond acceptors (Lipinski definition) is 5. The van der Waals surface area contributed by atoms with Crippen molar-refractivity contribution < 1.29 is 9.53 Å². The standard InChI is InChI=1S/C14H15N3O2S/c1-9-3-5-11(6-4-9)17-10(2)15-16-14(17)20-12-7-8-19-13(12)18/h3-6,12H,7-8H2,1-2H3. The van der Waals surface area contributed by atoms with Gasteiger partial charge in [0.15, 0.2) is 5.16 Å². The van der Waals surface area contributed by atoms with Crippen LogP contribution in [0, 0.1) is 13.8 Å². The monoisotopic (exact) mass is 289 g/mol. The Kier molecular flexibility index (Phi) is 3.48. The quantitative estimate of drug-likeness (QED) is 0.811. The van der Waals surface area contributed by atoms with Crippen molar-refractivity contribution in [2.45, 2.75) is 30.7 Å². The van der Waals surface area contributed by atoms with E-state index in [1.807, 2.05) is 42.7 Å². The Balaban J connectivity index is 1.93. The van der Waals surface area contributed by atoms with Crippen molar-refractivity contribution in [3.8, 4) is 5.69 Å². The van der Waals surface area contributed by atoms with Gasteiger partial charge in [0.2, 0.25) is 0 Å². The number of esters is 1. The molecule has 1 fully saturated rings. The largest absolute Gasteiger partial charge is 0.465 e. The molecule has 2 aromatic rings. The van der Waals surface area contributed by atoms with Gasteiger partial charge in [-0.3, -0.25) is 9.36 Å². The van der Waals surface area contributed by atoms with E-state index in [1.165, 1.54) is 17.3 Å². The SMILES string of the molecule is Cc1ccc(-n2c(C)nnc2SC2CCOC2=O)cc1. The molecule has 1 aliphatic rings. The van der Waals surface area contributed by atoms with E-state index in [4.69, 9.17) is 4.74 Å². The van der Waals surface area contributed by atoms with Gasteiger partial charge in [-0.2, -0.15) is 0 Å². The number of cyclic esters (lactones) is 1. The first-order valence-corrected chi connectivity index (χ1v) is 7.35. The van der Waals surface area contributed by atoms with Gasteiger partial charge in [0.25, 0.3) is 0 Å². The maximum atomic E-state index is 11.6. The normalized spacial score (nSPS) is 18.3. The molecule has 3 rings (SSSR count). The maximum Gasteiger partial charge on any atom is 0.319 e. The molecule has 1 aliphatic heterocycles. The van der Waals surface area contributed by atoms with Crippen molar-refractivity contribution in [3.63, 3.8) is 0 Å². The topological polar surface area (TPSA) is 57.0 Å². The van der Waals surface area contributed by atoms with Crippen LogP contribution in [0.4, 0.5) is 0 Å². The molecule has 1 unspecified atom stereocenters. The van der Waals surface area contributed by atoms with E-state index in [0.29, 0.717) is 6.61 Å². The van der Waals surface area contributed by atoms with Gasteiger partial charge in [0.1, 0.15) is 11.1 Å². The average Bonchev–Trinajstić information content (AvgIpc) is 2.99. The third-order valence-electron chi connectivity index (χ3n) is 3.22. The van der Waals surface area contributed by atoms with Crippen LogP contribution in [0.5, 0.6) is 0 Å². The predicted octanol–water partition coefficient (Wildman–Crippen LogP) is 2.29. The summed E-state index contributed by atoms with van der Waals surface area (Å²) in [6.45, 7) is 4.45. The van der Waals surface area contributed by atoms with Gasteiger partial charge >= 0.3 is 5.97 Å². The molecule has 2 heterocycles. The van der Waals surface area contributed by atoms with Gasteiger partial charge in [-0.15, -0.1) is 10.2 Å². The lowest BCUT2D eigenvalue weighted by atomic mass is 10.2. The van der Waals surface area contributed by atoms with Crippen LogP contribution in [0.3, 0.4) is 0 Å². The molecule has 0 spiro atoms. The number of thioether (sulfide) groups is 1. The second kappa shape index (κ2) is 5.28. The number of hydrogen-bond donors (Lipinski definition) is 0.